The van der Waals surface area contributed by atoms with Crippen LogP contribution in [0.5, 0.6) is 0 Å². The summed E-state index contributed by atoms with van der Waals surface area (Å²) in [7, 11) is 0. The van der Waals surface area contributed by atoms with Crippen molar-refractivity contribution in [2.75, 3.05) is 0 Å². The van der Waals surface area contributed by atoms with Crippen LogP contribution < -0.4 is 0 Å². The largest absolute Gasteiger partial charge is 0.370 e. The molecule has 1 aliphatic rings. The summed E-state index contributed by atoms with van der Waals surface area (Å²) < 4.78 is 5.45. The van der Waals surface area contributed by atoms with E-state index in [4.69, 9.17) is 4.74 Å². The first-order valence-corrected chi connectivity index (χ1v) is 11.0. The van der Waals surface area contributed by atoms with Crippen LogP contribution in [-0.2, 0) is 4.74 Å². The lowest BCUT2D eigenvalue weighted by molar-refractivity contribution is 0.364. The van der Waals surface area contributed by atoms with Crippen molar-refractivity contribution >= 4 is 0 Å². The molecule has 1 nitrogen and oxygen atoms in total. The van der Waals surface area contributed by atoms with Gasteiger partial charge in [0.1, 0.15) is 0 Å². The van der Waals surface area contributed by atoms with Gasteiger partial charge in [0.25, 0.3) is 0 Å². The molecule has 0 saturated carbocycles. The molecule has 1 heterocycles. The first kappa shape index (κ1) is 21.0. The molecule has 0 spiro atoms. The van der Waals surface area contributed by atoms with Gasteiger partial charge in [-0.05, 0) is 13.3 Å². The summed E-state index contributed by atoms with van der Waals surface area (Å²) in [6.45, 7) is 4.49. The summed E-state index contributed by atoms with van der Waals surface area (Å²) in [4.78, 5) is 0. The van der Waals surface area contributed by atoms with E-state index >= 15 is 0 Å². The molecule has 2 atom stereocenters. The molecule has 1 rings (SSSR count). The van der Waals surface area contributed by atoms with Crippen molar-refractivity contribution in [3.8, 4) is 0 Å². The lowest BCUT2D eigenvalue weighted by atomic mass is 10.0. The van der Waals surface area contributed by atoms with E-state index in [-0.39, 0.29) is 0 Å². The normalized spacial score (nSPS) is 20.1. The first-order chi connectivity index (χ1) is 11.3. The molecule has 138 valence electrons. The monoisotopic (exact) mass is 324 g/mol. The molecule has 0 aromatic carbocycles. The van der Waals surface area contributed by atoms with Gasteiger partial charge in [-0.15, -0.1) is 0 Å². The third-order valence-corrected chi connectivity index (χ3v) is 5.43. The fourth-order valence-electron chi connectivity index (χ4n) is 3.60. The van der Waals surface area contributed by atoms with Crippen molar-refractivity contribution in [2.45, 2.75) is 142 Å². The van der Waals surface area contributed by atoms with Crippen molar-refractivity contribution in [1.29, 1.82) is 0 Å². The van der Waals surface area contributed by atoms with Gasteiger partial charge in [-0.2, -0.15) is 0 Å². The van der Waals surface area contributed by atoms with E-state index in [1.54, 1.807) is 0 Å². The Morgan fingerprint density at radius 2 is 0.826 bits per heavy atom. The van der Waals surface area contributed by atoms with Crippen LogP contribution in [0, 0.1) is 0 Å². The highest BCUT2D eigenvalue weighted by Gasteiger charge is 2.32. The average Bonchev–Trinajstić information content (AvgIpc) is 3.26. The van der Waals surface area contributed by atoms with Crippen LogP contribution in [0.3, 0.4) is 0 Å². The topological polar surface area (TPSA) is 12.5 Å². The summed E-state index contributed by atoms with van der Waals surface area (Å²) >= 11 is 0. The summed E-state index contributed by atoms with van der Waals surface area (Å²) in [5, 5.41) is 0. The van der Waals surface area contributed by atoms with Gasteiger partial charge in [-0.25, -0.2) is 0 Å². The molecule has 1 aliphatic heterocycles. The third-order valence-electron chi connectivity index (χ3n) is 5.43. The van der Waals surface area contributed by atoms with E-state index in [0.29, 0.717) is 12.2 Å². The van der Waals surface area contributed by atoms with Crippen molar-refractivity contribution < 1.29 is 4.74 Å². The second kappa shape index (κ2) is 15.5. The zero-order valence-corrected chi connectivity index (χ0v) is 16.3. The third kappa shape index (κ3) is 14.0. The first-order valence-electron chi connectivity index (χ1n) is 11.0. The highest BCUT2D eigenvalue weighted by atomic mass is 16.6. The van der Waals surface area contributed by atoms with Gasteiger partial charge in [0.2, 0.25) is 0 Å². The maximum atomic E-state index is 5.45. The average molecular weight is 325 g/mol. The van der Waals surface area contributed by atoms with E-state index in [0.717, 1.165) is 0 Å². The van der Waals surface area contributed by atoms with Gasteiger partial charge in [0, 0.05) is 0 Å². The van der Waals surface area contributed by atoms with Crippen molar-refractivity contribution in [3.05, 3.63) is 0 Å². The molecule has 0 N–H and O–H groups in total. The van der Waals surface area contributed by atoms with Crippen molar-refractivity contribution in [3.63, 3.8) is 0 Å². The Bertz CT molecular complexity index is 238. The van der Waals surface area contributed by atoms with E-state index in [2.05, 4.69) is 13.8 Å². The molecule has 0 aromatic rings. The fraction of sp³-hybridized carbons (Fsp3) is 1.00. The minimum absolute atomic E-state index is 0.566. The van der Waals surface area contributed by atoms with Crippen LogP contribution in [0.15, 0.2) is 0 Å². The summed E-state index contributed by atoms with van der Waals surface area (Å²) in [6.07, 6.45) is 27.2. The highest BCUT2D eigenvalue weighted by Crippen LogP contribution is 2.26. The quantitative estimate of drug-likeness (QED) is 0.185. The standard InChI is InChI=1S/C22H44O/c1-3-4-5-6-7-8-9-10-11-12-13-14-15-16-17-18-19-20-22-21(2)23-22/h21-22H,3-20H2,1-2H3. The van der Waals surface area contributed by atoms with Gasteiger partial charge in [-0.1, -0.05) is 116 Å². The molecule has 0 aromatic heterocycles. The van der Waals surface area contributed by atoms with E-state index in [9.17, 15) is 0 Å². The van der Waals surface area contributed by atoms with Crippen molar-refractivity contribution in [1.82, 2.24) is 0 Å². The van der Waals surface area contributed by atoms with Crippen LogP contribution in [0.25, 0.3) is 0 Å². The second-order valence-corrected chi connectivity index (χ2v) is 7.83. The Hall–Kier alpha value is -0.0400. The number of epoxide rings is 1. The van der Waals surface area contributed by atoms with Crippen LogP contribution >= 0.6 is 0 Å². The van der Waals surface area contributed by atoms with Gasteiger partial charge in [0.05, 0.1) is 12.2 Å². The predicted molar refractivity (Wildman–Crippen MR) is 103 cm³/mol. The number of rotatable bonds is 18. The molecule has 0 radical (unpaired) electrons. The molecule has 0 aliphatic carbocycles. The van der Waals surface area contributed by atoms with Crippen LogP contribution in [0.1, 0.15) is 129 Å². The van der Waals surface area contributed by atoms with Crippen molar-refractivity contribution in [2.24, 2.45) is 0 Å². The Morgan fingerprint density at radius 3 is 1.13 bits per heavy atom. The lowest BCUT2D eigenvalue weighted by Gasteiger charge is -2.03. The van der Waals surface area contributed by atoms with Gasteiger partial charge in [-0.3, -0.25) is 0 Å². The molecule has 1 fully saturated rings. The predicted octanol–water partition coefficient (Wildman–Crippen LogP) is 7.82. The number of hydrogen-bond acceptors (Lipinski definition) is 1. The van der Waals surface area contributed by atoms with Crippen LogP contribution in [0.4, 0.5) is 0 Å². The zero-order valence-electron chi connectivity index (χ0n) is 16.3. The number of unbranched alkanes of at least 4 members (excludes halogenated alkanes) is 16. The minimum Gasteiger partial charge on any atom is -0.370 e. The molecule has 1 heteroatoms. The molecule has 1 saturated heterocycles. The van der Waals surface area contributed by atoms with Crippen LogP contribution in [-0.4, -0.2) is 12.2 Å². The second-order valence-electron chi connectivity index (χ2n) is 7.83. The smallest absolute Gasteiger partial charge is 0.0839 e. The lowest BCUT2D eigenvalue weighted by Crippen LogP contribution is -1.89. The van der Waals surface area contributed by atoms with Gasteiger partial charge < -0.3 is 4.74 Å². The fourth-order valence-corrected chi connectivity index (χ4v) is 3.60. The number of hydrogen-bond donors (Lipinski definition) is 0. The Labute approximate surface area is 147 Å². The van der Waals surface area contributed by atoms with Gasteiger partial charge in [0.15, 0.2) is 0 Å². The highest BCUT2D eigenvalue weighted by molar-refractivity contribution is 4.79. The molecular formula is C22H44O. The maximum absolute atomic E-state index is 5.45. The van der Waals surface area contributed by atoms with E-state index in [1.165, 1.54) is 116 Å². The Morgan fingerprint density at radius 1 is 0.522 bits per heavy atom. The molecule has 23 heavy (non-hydrogen) atoms. The van der Waals surface area contributed by atoms with E-state index < -0.39 is 0 Å². The molecule has 0 bridgehead atoms. The summed E-state index contributed by atoms with van der Waals surface area (Å²) in [6, 6.07) is 0. The Kier molecular flexibility index (Phi) is 14.1. The maximum Gasteiger partial charge on any atom is 0.0839 e. The van der Waals surface area contributed by atoms with Crippen LogP contribution in [0.2, 0.25) is 0 Å². The molecular weight excluding hydrogens is 280 g/mol. The minimum atomic E-state index is 0.566. The number of ether oxygens (including phenoxy) is 1. The van der Waals surface area contributed by atoms with Gasteiger partial charge >= 0.3 is 0 Å². The Balaban J connectivity index is 1.61. The SMILES string of the molecule is CCCCCCCCCCCCCCCCCCCC1OC1C. The molecule has 2 unspecified atom stereocenters. The summed E-state index contributed by atoms with van der Waals surface area (Å²) in [5.41, 5.74) is 0. The zero-order chi connectivity index (χ0) is 16.6. The molecule has 0 amide bonds. The van der Waals surface area contributed by atoms with E-state index in [1.807, 2.05) is 0 Å². The summed E-state index contributed by atoms with van der Waals surface area (Å²) in [5.74, 6) is 0.